The number of halogens is 1. The molecule has 0 aliphatic carbocycles. The number of aliphatic carboxylic acids is 1. The summed E-state index contributed by atoms with van der Waals surface area (Å²) >= 11 is 3.03. The van der Waals surface area contributed by atoms with Gasteiger partial charge in [0.1, 0.15) is 0 Å². The molecule has 0 fully saturated rings. The molecular formula is C10H9BrO2. The van der Waals surface area contributed by atoms with Gasteiger partial charge in [-0.2, -0.15) is 0 Å². The molecule has 68 valence electrons. The molecule has 2 nitrogen and oxygen atoms in total. The van der Waals surface area contributed by atoms with Crippen LogP contribution in [-0.4, -0.2) is 11.1 Å². The van der Waals surface area contributed by atoms with Gasteiger partial charge in [-0.05, 0) is 10.5 Å². The quantitative estimate of drug-likeness (QED) is 0.826. The van der Waals surface area contributed by atoms with Crippen molar-refractivity contribution in [2.45, 2.75) is 6.42 Å². The monoisotopic (exact) mass is 240 g/mol. The highest BCUT2D eigenvalue weighted by atomic mass is 79.9. The summed E-state index contributed by atoms with van der Waals surface area (Å²) in [4.78, 5) is 12.1. The van der Waals surface area contributed by atoms with E-state index in [0.717, 1.165) is 5.56 Å². The minimum atomic E-state index is -0.888. The molecule has 0 radical (unpaired) electrons. The Morgan fingerprint density at radius 2 is 2.00 bits per heavy atom. The molecule has 1 aromatic carbocycles. The third-order valence-electron chi connectivity index (χ3n) is 1.64. The predicted octanol–water partition coefficient (Wildman–Crippen LogP) is 2.59. The molecule has 0 bridgehead atoms. The van der Waals surface area contributed by atoms with Crippen LogP contribution in [0.5, 0.6) is 0 Å². The van der Waals surface area contributed by atoms with E-state index in [2.05, 4.69) is 15.9 Å². The van der Waals surface area contributed by atoms with Crippen LogP contribution in [-0.2, 0) is 11.2 Å². The van der Waals surface area contributed by atoms with E-state index >= 15 is 0 Å². The van der Waals surface area contributed by atoms with Crippen LogP contribution < -0.4 is 0 Å². The Kier molecular flexibility index (Phi) is 3.71. The molecule has 1 aromatic rings. The number of carboxylic acids is 1. The Bertz CT molecular complexity index is 317. The molecule has 0 aromatic heterocycles. The first kappa shape index (κ1) is 9.99. The summed E-state index contributed by atoms with van der Waals surface area (Å²) in [6, 6.07) is 9.49. The van der Waals surface area contributed by atoms with Gasteiger partial charge in [-0.25, -0.2) is 4.79 Å². The van der Waals surface area contributed by atoms with Crippen LogP contribution >= 0.6 is 15.9 Å². The molecule has 0 aliphatic rings. The second-order valence-electron chi connectivity index (χ2n) is 2.60. The fourth-order valence-electron chi connectivity index (χ4n) is 0.977. The van der Waals surface area contributed by atoms with E-state index in [0.29, 0.717) is 12.0 Å². The van der Waals surface area contributed by atoms with E-state index < -0.39 is 5.97 Å². The Morgan fingerprint density at radius 1 is 1.38 bits per heavy atom. The summed E-state index contributed by atoms with van der Waals surface area (Å²) in [5, 5.41) is 8.74. The molecule has 0 heterocycles. The fraction of sp³-hybridized carbons (Fsp3) is 0.100. The summed E-state index contributed by atoms with van der Waals surface area (Å²) in [6.45, 7) is 0. The van der Waals surface area contributed by atoms with Gasteiger partial charge in [-0.15, -0.1) is 0 Å². The average Bonchev–Trinajstić information content (AvgIpc) is 2.15. The highest BCUT2D eigenvalue weighted by molar-refractivity contribution is 9.11. The van der Waals surface area contributed by atoms with Gasteiger partial charge in [0.05, 0.1) is 0 Å². The Balaban J connectivity index is 2.74. The zero-order chi connectivity index (χ0) is 9.68. The lowest BCUT2D eigenvalue weighted by Gasteiger charge is -2.00. The van der Waals surface area contributed by atoms with Gasteiger partial charge in [-0.1, -0.05) is 46.3 Å². The van der Waals surface area contributed by atoms with E-state index in [-0.39, 0.29) is 0 Å². The van der Waals surface area contributed by atoms with Gasteiger partial charge in [0.2, 0.25) is 0 Å². The number of hydrogen-bond acceptors (Lipinski definition) is 1. The van der Waals surface area contributed by atoms with Crippen molar-refractivity contribution in [2.24, 2.45) is 0 Å². The van der Waals surface area contributed by atoms with Crippen molar-refractivity contribution in [3.63, 3.8) is 0 Å². The van der Waals surface area contributed by atoms with E-state index in [1.807, 2.05) is 30.3 Å². The maximum absolute atomic E-state index is 10.6. The van der Waals surface area contributed by atoms with Crippen LogP contribution in [0.15, 0.2) is 40.9 Å². The highest BCUT2D eigenvalue weighted by Gasteiger charge is 2.06. The molecular weight excluding hydrogens is 232 g/mol. The average molecular weight is 241 g/mol. The fourth-order valence-corrected chi connectivity index (χ4v) is 1.33. The second kappa shape index (κ2) is 4.82. The number of hydrogen-bond donors (Lipinski definition) is 1. The van der Waals surface area contributed by atoms with Crippen molar-refractivity contribution in [1.82, 2.24) is 0 Å². The van der Waals surface area contributed by atoms with Gasteiger partial charge < -0.3 is 5.11 Å². The summed E-state index contributed by atoms with van der Waals surface area (Å²) in [7, 11) is 0. The van der Waals surface area contributed by atoms with Gasteiger partial charge in [0.25, 0.3) is 0 Å². The van der Waals surface area contributed by atoms with Crippen molar-refractivity contribution in [2.75, 3.05) is 0 Å². The SMILES string of the molecule is O=C(O)C(=CBr)Cc1ccccc1. The van der Waals surface area contributed by atoms with Gasteiger partial charge in [0.15, 0.2) is 0 Å². The number of rotatable bonds is 3. The standard InChI is InChI=1S/C10H9BrO2/c11-7-9(10(12)13)6-8-4-2-1-3-5-8/h1-5,7H,6H2,(H,12,13). The van der Waals surface area contributed by atoms with Crippen LogP contribution in [0.1, 0.15) is 5.56 Å². The largest absolute Gasteiger partial charge is 0.478 e. The van der Waals surface area contributed by atoms with Crippen LogP contribution in [0.2, 0.25) is 0 Å². The van der Waals surface area contributed by atoms with E-state index in [1.54, 1.807) is 0 Å². The van der Waals surface area contributed by atoms with E-state index in [1.165, 1.54) is 4.99 Å². The van der Waals surface area contributed by atoms with E-state index in [9.17, 15) is 4.79 Å². The molecule has 0 unspecified atom stereocenters. The predicted molar refractivity (Wildman–Crippen MR) is 54.8 cm³/mol. The van der Waals surface area contributed by atoms with Crippen molar-refractivity contribution in [3.8, 4) is 0 Å². The number of carbonyl (C=O) groups is 1. The third-order valence-corrected chi connectivity index (χ3v) is 2.20. The number of benzene rings is 1. The van der Waals surface area contributed by atoms with Crippen molar-refractivity contribution in [1.29, 1.82) is 0 Å². The minimum absolute atomic E-state index is 0.353. The van der Waals surface area contributed by atoms with Crippen LogP contribution in [0.25, 0.3) is 0 Å². The van der Waals surface area contributed by atoms with Crippen molar-refractivity contribution >= 4 is 21.9 Å². The van der Waals surface area contributed by atoms with Crippen molar-refractivity contribution in [3.05, 3.63) is 46.5 Å². The first-order valence-corrected chi connectivity index (χ1v) is 4.72. The Hall–Kier alpha value is -1.09. The zero-order valence-electron chi connectivity index (χ0n) is 6.90. The van der Waals surface area contributed by atoms with Crippen molar-refractivity contribution < 1.29 is 9.90 Å². The number of carboxylic acid groups (broad SMARTS) is 1. The molecule has 0 saturated heterocycles. The summed E-state index contributed by atoms with van der Waals surface area (Å²) in [5.74, 6) is -0.888. The van der Waals surface area contributed by atoms with Crippen LogP contribution in [0, 0.1) is 0 Å². The third kappa shape index (κ3) is 3.03. The topological polar surface area (TPSA) is 37.3 Å². The molecule has 0 amide bonds. The second-order valence-corrected chi connectivity index (χ2v) is 3.06. The molecule has 13 heavy (non-hydrogen) atoms. The molecule has 1 rings (SSSR count). The molecule has 1 N–H and O–H groups in total. The lowest BCUT2D eigenvalue weighted by molar-refractivity contribution is -0.132. The lowest BCUT2D eigenvalue weighted by atomic mass is 10.1. The van der Waals surface area contributed by atoms with Crippen LogP contribution in [0.4, 0.5) is 0 Å². The first-order chi connectivity index (χ1) is 6.24. The molecule has 0 atom stereocenters. The zero-order valence-corrected chi connectivity index (χ0v) is 8.49. The summed E-state index contributed by atoms with van der Waals surface area (Å²) in [6.07, 6.45) is 0.446. The van der Waals surface area contributed by atoms with Gasteiger partial charge in [-0.3, -0.25) is 0 Å². The smallest absolute Gasteiger partial charge is 0.332 e. The van der Waals surface area contributed by atoms with E-state index in [4.69, 9.17) is 5.11 Å². The maximum atomic E-state index is 10.6. The minimum Gasteiger partial charge on any atom is -0.478 e. The Morgan fingerprint density at radius 3 is 2.46 bits per heavy atom. The normalized spacial score (nSPS) is 11.3. The van der Waals surface area contributed by atoms with Crippen LogP contribution in [0.3, 0.4) is 0 Å². The summed E-state index contributed by atoms with van der Waals surface area (Å²) < 4.78 is 0. The molecule has 0 spiro atoms. The maximum Gasteiger partial charge on any atom is 0.332 e. The first-order valence-electron chi connectivity index (χ1n) is 3.80. The molecule has 3 heteroatoms. The molecule has 0 aliphatic heterocycles. The van der Waals surface area contributed by atoms with Gasteiger partial charge in [0, 0.05) is 12.0 Å². The Labute approximate surface area is 85.0 Å². The highest BCUT2D eigenvalue weighted by Crippen LogP contribution is 2.09. The van der Waals surface area contributed by atoms with Gasteiger partial charge >= 0.3 is 5.97 Å². The summed E-state index contributed by atoms with van der Waals surface area (Å²) in [5.41, 5.74) is 1.35. The lowest BCUT2D eigenvalue weighted by Crippen LogP contribution is -2.02. The molecule has 0 saturated carbocycles.